The van der Waals surface area contributed by atoms with E-state index in [0.717, 1.165) is 35.8 Å². The number of nitrogens with zero attached hydrogens (tertiary/aromatic N) is 1. The Hall–Kier alpha value is -0.910. The van der Waals surface area contributed by atoms with Crippen molar-refractivity contribution in [3.8, 4) is 0 Å². The monoisotopic (exact) mass is 339 g/mol. The molecule has 0 saturated carbocycles. The van der Waals surface area contributed by atoms with E-state index in [2.05, 4.69) is 26.9 Å². The van der Waals surface area contributed by atoms with E-state index in [4.69, 9.17) is 11.5 Å². The number of halogens is 1. The van der Waals surface area contributed by atoms with Crippen LogP contribution in [0.1, 0.15) is 37.8 Å². The number of nitrogens with two attached hydrogens (primary N) is 2. The number of rotatable bonds is 4. The highest BCUT2D eigenvalue weighted by Crippen LogP contribution is 2.34. The van der Waals surface area contributed by atoms with Crippen molar-refractivity contribution in [3.63, 3.8) is 0 Å². The summed E-state index contributed by atoms with van der Waals surface area (Å²) in [6, 6.07) is 7.76. The molecule has 1 saturated heterocycles. The molecular formula is C15H22BrN3O. The van der Waals surface area contributed by atoms with Crippen molar-refractivity contribution in [2.75, 3.05) is 6.54 Å². The molecule has 0 aliphatic carbocycles. The number of benzene rings is 1. The van der Waals surface area contributed by atoms with Gasteiger partial charge in [0.2, 0.25) is 5.91 Å². The first kappa shape index (κ1) is 15.5. The van der Waals surface area contributed by atoms with Gasteiger partial charge >= 0.3 is 0 Å². The average molecular weight is 340 g/mol. The number of likely N-dealkylation sites (tertiary alicyclic amines) is 1. The van der Waals surface area contributed by atoms with Crippen LogP contribution in [0.3, 0.4) is 0 Å². The Morgan fingerprint density at radius 2 is 2.10 bits per heavy atom. The average Bonchev–Trinajstić information content (AvgIpc) is 2.41. The summed E-state index contributed by atoms with van der Waals surface area (Å²) in [6.07, 6.45) is 2.95. The minimum absolute atomic E-state index is 0.00313. The van der Waals surface area contributed by atoms with Crippen LogP contribution < -0.4 is 11.5 Å². The van der Waals surface area contributed by atoms with Gasteiger partial charge in [0.1, 0.15) is 0 Å². The normalized spacial score (nSPS) is 23.2. The summed E-state index contributed by atoms with van der Waals surface area (Å²) >= 11 is 3.59. The maximum absolute atomic E-state index is 11.7. The lowest BCUT2D eigenvalue weighted by Crippen LogP contribution is -2.52. The molecule has 5 heteroatoms. The van der Waals surface area contributed by atoms with Gasteiger partial charge in [0.25, 0.3) is 0 Å². The summed E-state index contributed by atoms with van der Waals surface area (Å²) < 4.78 is 1.02. The largest absolute Gasteiger partial charge is 0.368 e. The molecule has 1 amide bonds. The highest BCUT2D eigenvalue weighted by molar-refractivity contribution is 9.10. The van der Waals surface area contributed by atoms with Gasteiger partial charge in [-0.25, -0.2) is 0 Å². The van der Waals surface area contributed by atoms with E-state index in [0.29, 0.717) is 0 Å². The molecule has 0 spiro atoms. The van der Waals surface area contributed by atoms with Gasteiger partial charge in [0.05, 0.1) is 12.1 Å². The lowest BCUT2D eigenvalue weighted by atomic mass is 9.92. The number of hydrogen-bond acceptors (Lipinski definition) is 3. The Labute approximate surface area is 128 Å². The van der Waals surface area contributed by atoms with Crippen LogP contribution in [0.15, 0.2) is 28.7 Å². The van der Waals surface area contributed by atoms with Crippen molar-refractivity contribution in [2.24, 2.45) is 11.5 Å². The van der Waals surface area contributed by atoms with Crippen LogP contribution in [0.4, 0.5) is 0 Å². The Kier molecular flexibility index (Phi) is 5.18. The number of amides is 1. The Bertz CT molecular complexity index is 478. The molecular weight excluding hydrogens is 318 g/mol. The third-order valence-electron chi connectivity index (χ3n) is 3.95. The molecule has 0 radical (unpaired) electrons. The van der Waals surface area contributed by atoms with E-state index >= 15 is 0 Å². The van der Waals surface area contributed by atoms with Crippen LogP contribution in [0, 0.1) is 0 Å². The third kappa shape index (κ3) is 3.22. The second kappa shape index (κ2) is 6.70. The molecule has 3 atom stereocenters. The second-order valence-electron chi connectivity index (χ2n) is 5.48. The quantitative estimate of drug-likeness (QED) is 0.882. The fourth-order valence-electron chi connectivity index (χ4n) is 3.07. The maximum Gasteiger partial charge on any atom is 0.234 e. The molecule has 4 N–H and O–H groups in total. The van der Waals surface area contributed by atoms with Crippen LogP contribution in [0.25, 0.3) is 0 Å². The molecule has 0 aromatic heterocycles. The lowest BCUT2D eigenvalue weighted by molar-refractivity contribution is -0.125. The second-order valence-corrected chi connectivity index (χ2v) is 6.33. The van der Waals surface area contributed by atoms with Crippen molar-refractivity contribution in [3.05, 3.63) is 34.3 Å². The Balaban J connectivity index is 2.37. The highest BCUT2D eigenvalue weighted by atomic mass is 79.9. The van der Waals surface area contributed by atoms with Crippen molar-refractivity contribution >= 4 is 21.8 Å². The summed E-state index contributed by atoms with van der Waals surface area (Å²) in [4.78, 5) is 13.9. The van der Waals surface area contributed by atoms with E-state index < -0.39 is 0 Å². The SMILES string of the molecule is CC(N)C(c1ccccc1Br)N1CCCCC1C(N)=O. The predicted molar refractivity (Wildman–Crippen MR) is 84.1 cm³/mol. The number of carbonyl (C=O) groups excluding carboxylic acids is 1. The molecule has 1 heterocycles. The zero-order chi connectivity index (χ0) is 14.7. The van der Waals surface area contributed by atoms with Gasteiger partial charge in [0.15, 0.2) is 0 Å². The summed E-state index contributed by atoms with van der Waals surface area (Å²) in [5, 5.41) is 0. The summed E-state index contributed by atoms with van der Waals surface area (Å²) in [5.74, 6) is -0.248. The zero-order valence-corrected chi connectivity index (χ0v) is 13.3. The third-order valence-corrected chi connectivity index (χ3v) is 4.67. The summed E-state index contributed by atoms with van der Waals surface area (Å²) in [5.41, 5.74) is 12.9. The number of piperidine rings is 1. The maximum atomic E-state index is 11.7. The van der Waals surface area contributed by atoms with Crippen LogP contribution >= 0.6 is 15.9 Å². The predicted octanol–water partition coefficient (Wildman–Crippen LogP) is 2.18. The van der Waals surface area contributed by atoms with E-state index in [1.807, 2.05) is 25.1 Å². The van der Waals surface area contributed by atoms with E-state index in [9.17, 15) is 4.79 Å². The van der Waals surface area contributed by atoms with Crippen molar-refractivity contribution in [1.82, 2.24) is 4.90 Å². The molecule has 110 valence electrons. The van der Waals surface area contributed by atoms with Crippen molar-refractivity contribution < 1.29 is 4.79 Å². The first-order valence-corrected chi connectivity index (χ1v) is 7.86. The van der Waals surface area contributed by atoms with Gasteiger partial charge < -0.3 is 11.5 Å². The van der Waals surface area contributed by atoms with E-state index in [1.54, 1.807) is 0 Å². The Morgan fingerprint density at radius 1 is 1.40 bits per heavy atom. The summed E-state index contributed by atoms with van der Waals surface area (Å²) in [6.45, 7) is 2.85. The minimum atomic E-state index is -0.248. The number of hydrogen-bond donors (Lipinski definition) is 2. The van der Waals surface area contributed by atoms with Gasteiger partial charge in [-0.2, -0.15) is 0 Å². The van der Waals surface area contributed by atoms with Crippen molar-refractivity contribution in [2.45, 2.75) is 44.3 Å². The Morgan fingerprint density at radius 3 is 2.70 bits per heavy atom. The van der Waals surface area contributed by atoms with Gasteiger partial charge in [-0.05, 0) is 37.9 Å². The molecule has 3 unspecified atom stereocenters. The van der Waals surface area contributed by atoms with Crippen molar-refractivity contribution in [1.29, 1.82) is 0 Å². The van der Waals surface area contributed by atoms with E-state index in [1.165, 1.54) is 0 Å². The standard InChI is InChI=1S/C15H22BrN3O/c1-10(17)14(11-6-2-3-7-12(11)16)19-9-5-4-8-13(19)15(18)20/h2-3,6-7,10,13-14H,4-5,8-9,17H2,1H3,(H2,18,20). The van der Waals surface area contributed by atoms with Gasteiger partial charge in [-0.1, -0.05) is 40.5 Å². The van der Waals surface area contributed by atoms with Gasteiger partial charge in [-0.3, -0.25) is 9.69 Å². The van der Waals surface area contributed by atoms with Gasteiger partial charge in [-0.15, -0.1) is 0 Å². The molecule has 0 bridgehead atoms. The van der Waals surface area contributed by atoms with E-state index in [-0.39, 0.29) is 24.0 Å². The fourth-order valence-corrected chi connectivity index (χ4v) is 3.59. The first-order chi connectivity index (χ1) is 9.52. The fraction of sp³-hybridized carbons (Fsp3) is 0.533. The smallest absolute Gasteiger partial charge is 0.234 e. The molecule has 1 aromatic carbocycles. The topological polar surface area (TPSA) is 72.3 Å². The molecule has 4 nitrogen and oxygen atoms in total. The molecule has 20 heavy (non-hydrogen) atoms. The molecule has 1 aliphatic heterocycles. The number of primary amides is 1. The number of carbonyl (C=O) groups is 1. The minimum Gasteiger partial charge on any atom is -0.368 e. The zero-order valence-electron chi connectivity index (χ0n) is 11.8. The molecule has 1 aliphatic rings. The lowest BCUT2D eigenvalue weighted by Gasteiger charge is -2.42. The van der Waals surface area contributed by atoms with Gasteiger partial charge in [0, 0.05) is 10.5 Å². The van der Waals surface area contributed by atoms with Crippen LogP contribution in [0.2, 0.25) is 0 Å². The molecule has 2 rings (SSSR count). The molecule has 1 aromatic rings. The first-order valence-electron chi connectivity index (χ1n) is 7.07. The van der Waals surface area contributed by atoms with Crippen LogP contribution in [0.5, 0.6) is 0 Å². The highest BCUT2D eigenvalue weighted by Gasteiger charge is 2.35. The molecule has 1 fully saturated rings. The summed E-state index contributed by atoms with van der Waals surface area (Å²) in [7, 11) is 0. The van der Waals surface area contributed by atoms with Crippen LogP contribution in [-0.2, 0) is 4.79 Å². The van der Waals surface area contributed by atoms with Crippen LogP contribution in [-0.4, -0.2) is 29.4 Å².